The molecule has 1 amide bonds. The molecule has 1 aromatic carbocycles. The summed E-state index contributed by atoms with van der Waals surface area (Å²) >= 11 is 0. The Bertz CT molecular complexity index is 592. The van der Waals surface area contributed by atoms with Gasteiger partial charge in [0.05, 0.1) is 5.52 Å². The van der Waals surface area contributed by atoms with Gasteiger partial charge in [0.1, 0.15) is 6.04 Å². The number of hydrogen-bond donors (Lipinski definition) is 2. The fraction of sp³-hybridized carbons (Fsp3) is 0.286. The Balaban J connectivity index is 1.97. The van der Waals surface area contributed by atoms with Crippen LogP contribution in [0.25, 0.3) is 10.9 Å². The maximum absolute atomic E-state index is 11.5. The van der Waals surface area contributed by atoms with E-state index in [0.717, 1.165) is 29.3 Å². The van der Waals surface area contributed by atoms with Crippen LogP contribution >= 0.6 is 0 Å². The van der Waals surface area contributed by atoms with Crippen LogP contribution in [0.3, 0.4) is 0 Å². The predicted molar refractivity (Wildman–Crippen MR) is 69.8 cm³/mol. The molecule has 4 nitrogen and oxygen atoms in total. The maximum Gasteiger partial charge on any atom is 0.239 e. The monoisotopic (exact) mass is 241 g/mol. The molecule has 2 aromatic rings. The van der Waals surface area contributed by atoms with Crippen molar-refractivity contribution in [2.45, 2.75) is 24.9 Å². The molecule has 1 unspecified atom stereocenters. The minimum Gasteiger partial charge on any atom is -0.368 e. The van der Waals surface area contributed by atoms with Gasteiger partial charge in [-0.05, 0) is 36.6 Å². The van der Waals surface area contributed by atoms with E-state index in [9.17, 15) is 4.79 Å². The third kappa shape index (κ3) is 2.19. The maximum atomic E-state index is 11.5. The normalized spacial score (nSPS) is 16.7. The summed E-state index contributed by atoms with van der Waals surface area (Å²) in [6.07, 6.45) is 4.01. The van der Waals surface area contributed by atoms with E-state index in [1.54, 1.807) is 6.20 Å². The molecule has 0 saturated heterocycles. The topological polar surface area (TPSA) is 68.0 Å². The number of pyridine rings is 1. The van der Waals surface area contributed by atoms with Crippen LogP contribution in [0, 0.1) is 0 Å². The van der Waals surface area contributed by atoms with Crippen molar-refractivity contribution in [3.8, 4) is 0 Å². The van der Waals surface area contributed by atoms with Gasteiger partial charge in [-0.3, -0.25) is 15.1 Å². The van der Waals surface area contributed by atoms with Crippen molar-refractivity contribution in [3.63, 3.8) is 0 Å². The van der Waals surface area contributed by atoms with Crippen molar-refractivity contribution in [2.24, 2.45) is 5.73 Å². The summed E-state index contributed by atoms with van der Waals surface area (Å²) in [6.45, 7) is 0. The largest absolute Gasteiger partial charge is 0.368 e. The number of amides is 1. The first kappa shape index (κ1) is 11.2. The number of rotatable bonds is 4. The highest BCUT2D eigenvalue weighted by Gasteiger charge is 2.28. The Hall–Kier alpha value is -1.94. The SMILES string of the molecule is NC(=O)C(NC1CC1)c1ccc2ncccc2c1. The fourth-order valence-corrected chi connectivity index (χ4v) is 2.10. The van der Waals surface area contributed by atoms with Crippen LogP contribution in [0.5, 0.6) is 0 Å². The molecule has 0 aliphatic heterocycles. The number of nitrogens with two attached hydrogens (primary N) is 1. The van der Waals surface area contributed by atoms with Crippen LogP contribution in [0.15, 0.2) is 36.5 Å². The number of carbonyl (C=O) groups excluding carboxylic acids is 1. The van der Waals surface area contributed by atoms with Crippen LogP contribution < -0.4 is 11.1 Å². The number of aromatic nitrogens is 1. The summed E-state index contributed by atoms with van der Waals surface area (Å²) in [5.41, 5.74) is 7.31. The van der Waals surface area contributed by atoms with Crippen LogP contribution in [0.1, 0.15) is 24.4 Å². The first-order valence-electron chi connectivity index (χ1n) is 6.14. The zero-order valence-corrected chi connectivity index (χ0v) is 9.97. The molecule has 1 aliphatic carbocycles. The minimum absolute atomic E-state index is 0.329. The van der Waals surface area contributed by atoms with Gasteiger partial charge in [0, 0.05) is 17.6 Å². The van der Waals surface area contributed by atoms with Crippen molar-refractivity contribution >= 4 is 16.8 Å². The minimum atomic E-state index is -0.401. The molecule has 1 saturated carbocycles. The number of fused-ring (bicyclic) bond motifs is 1. The summed E-state index contributed by atoms with van der Waals surface area (Å²) in [6, 6.07) is 9.73. The Morgan fingerprint density at radius 3 is 2.94 bits per heavy atom. The van der Waals surface area contributed by atoms with E-state index >= 15 is 0 Å². The molecular formula is C14H15N3O. The van der Waals surface area contributed by atoms with Crippen molar-refractivity contribution in [1.29, 1.82) is 0 Å². The lowest BCUT2D eigenvalue weighted by molar-refractivity contribution is -0.120. The summed E-state index contributed by atoms with van der Waals surface area (Å²) in [5, 5.41) is 4.30. The standard InChI is InChI=1S/C14H15N3O/c15-14(18)13(17-11-4-5-11)10-3-6-12-9(8-10)2-1-7-16-12/h1-3,6-8,11,13,17H,4-5H2,(H2,15,18). The second kappa shape index (κ2) is 4.38. The molecule has 1 fully saturated rings. The quantitative estimate of drug-likeness (QED) is 0.852. The smallest absolute Gasteiger partial charge is 0.239 e. The molecule has 1 heterocycles. The number of nitrogens with one attached hydrogen (secondary N) is 1. The molecule has 92 valence electrons. The molecule has 3 N–H and O–H groups in total. The number of hydrogen-bond acceptors (Lipinski definition) is 3. The lowest BCUT2D eigenvalue weighted by Crippen LogP contribution is -2.34. The van der Waals surface area contributed by atoms with E-state index in [0.29, 0.717) is 6.04 Å². The summed E-state index contributed by atoms with van der Waals surface area (Å²) in [5.74, 6) is -0.329. The number of benzene rings is 1. The van der Waals surface area contributed by atoms with Gasteiger partial charge in [0.2, 0.25) is 5.91 Å². The van der Waals surface area contributed by atoms with Gasteiger partial charge in [0.15, 0.2) is 0 Å². The van der Waals surface area contributed by atoms with Gasteiger partial charge < -0.3 is 5.73 Å². The molecular weight excluding hydrogens is 226 g/mol. The molecule has 3 rings (SSSR count). The summed E-state index contributed by atoms with van der Waals surface area (Å²) < 4.78 is 0. The third-order valence-electron chi connectivity index (χ3n) is 3.22. The number of primary amides is 1. The fourth-order valence-electron chi connectivity index (χ4n) is 2.10. The van der Waals surface area contributed by atoms with Gasteiger partial charge >= 0.3 is 0 Å². The molecule has 0 spiro atoms. The molecule has 0 radical (unpaired) electrons. The average Bonchev–Trinajstić information content (AvgIpc) is 3.19. The average molecular weight is 241 g/mol. The first-order chi connectivity index (χ1) is 8.74. The molecule has 1 aromatic heterocycles. The lowest BCUT2D eigenvalue weighted by atomic mass is 10.0. The number of carbonyl (C=O) groups is 1. The van der Waals surface area contributed by atoms with Gasteiger partial charge in [-0.15, -0.1) is 0 Å². The van der Waals surface area contributed by atoms with E-state index in [4.69, 9.17) is 5.73 Å². The van der Waals surface area contributed by atoms with Crippen molar-refractivity contribution in [1.82, 2.24) is 10.3 Å². The third-order valence-corrected chi connectivity index (χ3v) is 3.22. The van der Waals surface area contributed by atoms with Gasteiger partial charge in [-0.2, -0.15) is 0 Å². The van der Waals surface area contributed by atoms with Gasteiger partial charge in [0.25, 0.3) is 0 Å². The van der Waals surface area contributed by atoms with Crippen molar-refractivity contribution < 1.29 is 4.79 Å². The summed E-state index contributed by atoms with van der Waals surface area (Å²) in [4.78, 5) is 15.8. The first-order valence-corrected chi connectivity index (χ1v) is 6.14. The second-order valence-corrected chi connectivity index (χ2v) is 4.73. The van der Waals surface area contributed by atoms with Crippen LogP contribution in [-0.2, 0) is 4.79 Å². The van der Waals surface area contributed by atoms with Gasteiger partial charge in [-0.25, -0.2) is 0 Å². The zero-order chi connectivity index (χ0) is 12.5. The van der Waals surface area contributed by atoms with E-state index in [1.165, 1.54) is 0 Å². The van der Waals surface area contributed by atoms with Crippen LogP contribution in [-0.4, -0.2) is 16.9 Å². The van der Waals surface area contributed by atoms with E-state index in [2.05, 4.69) is 10.3 Å². The Morgan fingerprint density at radius 2 is 2.22 bits per heavy atom. The molecule has 18 heavy (non-hydrogen) atoms. The van der Waals surface area contributed by atoms with E-state index in [-0.39, 0.29) is 5.91 Å². The van der Waals surface area contributed by atoms with Gasteiger partial charge in [-0.1, -0.05) is 12.1 Å². The predicted octanol–water partition coefficient (Wildman–Crippen LogP) is 1.51. The van der Waals surface area contributed by atoms with E-state index in [1.807, 2.05) is 30.3 Å². The summed E-state index contributed by atoms with van der Waals surface area (Å²) in [7, 11) is 0. The highest BCUT2D eigenvalue weighted by atomic mass is 16.1. The van der Waals surface area contributed by atoms with Crippen molar-refractivity contribution in [2.75, 3.05) is 0 Å². The highest BCUT2D eigenvalue weighted by molar-refractivity contribution is 5.85. The second-order valence-electron chi connectivity index (χ2n) is 4.73. The van der Waals surface area contributed by atoms with Crippen LogP contribution in [0.2, 0.25) is 0 Å². The van der Waals surface area contributed by atoms with E-state index < -0.39 is 6.04 Å². The highest BCUT2D eigenvalue weighted by Crippen LogP contribution is 2.25. The molecule has 4 heteroatoms. The Kier molecular flexibility index (Phi) is 2.72. The zero-order valence-electron chi connectivity index (χ0n) is 9.97. The Morgan fingerprint density at radius 1 is 1.39 bits per heavy atom. The molecule has 1 atom stereocenters. The van der Waals surface area contributed by atoms with Crippen molar-refractivity contribution in [3.05, 3.63) is 42.1 Å². The lowest BCUT2D eigenvalue weighted by Gasteiger charge is -2.15. The van der Waals surface area contributed by atoms with Crippen LogP contribution in [0.4, 0.5) is 0 Å². The Labute approximate surface area is 105 Å². The molecule has 0 bridgehead atoms. The number of nitrogens with zero attached hydrogens (tertiary/aromatic N) is 1. The molecule has 1 aliphatic rings.